The number of rotatable bonds is 5. The lowest BCUT2D eigenvalue weighted by atomic mass is 10.2. The quantitative estimate of drug-likeness (QED) is 0.616. The number of alkyl halides is 2. The average molecular weight is 412 g/mol. The summed E-state index contributed by atoms with van der Waals surface area (Å²) in [6, 6.07) is 11.0. The van der Waals surface area contributed by atoms with Crippen LogP contribution in [0.1, 0.15) is 16.1 Å². The fourth-order valence-electron chi connectivity index (χ4n) is 2.44. The van der Waals surface area contributed by atoms with E-state index in [1.165, 1.54) is 24.4 Å². The Balaban J connectivity index is 1.79. The van der Waals surface area contributed by atoms with Crippen molar-refractivity contribution in [1.29, 1.82) is 0 Å². The van der Waals surface area contributed by atoms with Gasteiger partial charge < -0.3 is 10.1 Å². The van der Waals surface area contributed by atoms with Crippen LogP contribution >= 0.6 is 23.2 Å². The number of halogens is 4. The van der Waals surface area contributed by atoms with Crippen LogP contribution in [0.15, 0.2) is 48.7 Å². The highest BCUT2D eigenvalue weighted by molar-refractivity contribution is 6.32. The van der Waals surface area contributed by atoms with Crippen molar-refractivity contribution in [3.8, 4) is 11.4 Å². The van der Waals surface area contributed by atoms with E-state index >= 15 is 0 Å². The van der Waals surface area contributed by atoms with Gasteiger partial charge in [-0.25, -0.2) is 4.68 Å². The number of carbonyl (C=O) groups excluding carboxylic acids is 1. The van der Waals surface area contributed by atoms with Crippen LogP contribution in [0.2, 0.25) is 10.0 Å². The molecule has 2 aromatic carbocycles. The molecule has 0 atom stereocenters. The molecule has 140 valence electrons. The molecule has 1 N–H and O–H groups in total. The molecule has 0 aliphatic heterocycles. The Bertz CT molecular complexity index is 975. The zero-order chi connectivity index (χ0) is 19.6. The maximum atomic E-state index is 12.5. The molecule has 0 bridgehead atoms. The zero-order valence-corrected chi connectivity index (χ0v) is 15.4. The van der Waals surface area contributed by atoms with Crippen molar-refractivity contribution in [1.82, 2.24) is 9.78 Å². The molecule has 0 radical (unpaired) electrons. The summed E-state index contributed by atoms with van der Waals surface area (Å²) in [7, 11) is 0. The number of amides is 1. The first-order valence-corrected chi connectivity index (χ1v) is 8.47. The van der Waals surface area contributed by atoms with E-state index in [2.05, 4.69) is 15.2 Å². The molecule has 0 aliphatic rings. The summed E-state index contributed by atoms with van der Waals surface area (Å²) in [5.74, 6) is -0.581. The van der Waals surface area contributed by atoms with E-state index in [9.17, 15) is 13.6 Å². The minimum absolute atomic E-state index is 0.0401. The highest BCUT2D eigenvalue weighted by Gasteiger charge is 2.16. The third-order valence-corrected chi connectivity index (χ3v) is 4.28. The number of benzene rings is 2. The molecule has 3 rings (SSSR count). The summed E-state index contributed by atoms with van der Waals surface area (Å²) < 4.78 is 30.4. The first-order valence-electron chi connectivity index (χ1n) is 7.71. The van der Waals surface area contributed by atoms with Gasteiger partial charge in [-0.3, -0.25) is 4.79 Å². The Kier molecular flexibility index (Phi) is 5.62. The number of carbonyl (C=O) groups is 1. The van der Waals surface area contributed by atoms with Crippen molar-refractivity contribution in [2.75, 3.05) is 5.32 Å². The molecular weight excluding hydrogens is 399 g/mol. The van der Waals surface area contributed by atoms with Gasteiger partial charge in [0.25, 0.3) is 5.91 Å². The van der Waals surface area contributed by atoms with E-state index in [4.69, 9.17) is 23.2 Å². The monoisotopic (exact) mass is 411 g/mol. The van der Waals surface area contributed by atoms with Crippen molar-refractivity contribution in [2.45, 2.75) is 13.5 Å². The van der Waals surface area contributed by atoms with Crippen molar-refractivity contribution >= 4 is 34.8 Å². The number of nitrogens with zero attached hydrogens (tertiary/aromatic N) is 2. The maximum absolute atomic E-state index is 12.5. The van der Waals surface area contributed by atoms with Gasteiger partial charge in [-0.2, -0.15) is 13.9 Å². The summed E-state index contributed by atoms with van der Waals surface area (Å²) in [4.78, 5) is 12.5. The van der Waals surface area contributed by atoms with Crippen LogP contribution in [0.4, 0.5) is 14.5 Å². The van der Waals surface area contributed by atoms with Crippen LogP contribution in [0.25, 0.3) is 5.69 Å². The van der Waals surface area contributed by atoms with Crippen LogP contribution in [-0.4, -0.2) is 22.3 Å². The number of anilines is 1. The molecule has 1 heterocycles. The van der Waals surface area contributed by atoms with E-state index in [-0.39, 0.29) is 10.8 Å². The number of aromatic nitrogens is 2. The van der Waals surface area contributed by atoms with Crippen LogP contribution in [0, 0.1) is 6.92 Å². The van der Waals surface area contributed by atoms with E-state index in [1.807, 2.05) is 0 Å². The van der Waals surface area contributed by atoms with Gasteiger partial charge in [-0.1, -0.05) is 23.2 Å². The molecule has 0 saturated carbocycles. The molecule has 5 nitrogen and oxygen atoms in total. The van der Waals surface area contributed by atoms with Crippen molar-refractivity contribution in [3.05, 3.63) is 70.0 Å². The summed E-state index contributed by atoms with van der Waals surface area (Å²) in [5.41, 5.74) is 2.07. The predicted octanol–water partition coefficient (Wildman–Crippen LogP) is 5.34. The van der Waals surface area contributed by atoms with Gasteiger partial charge in [0.05, 0.1) is 28.2 Å². The number of nitrogens with one attached hydrogen (secondary N) is 1. The molecule has 3 aromatic rings. The third-order valence-electron chi connectivity index (χ3n) is 3.73. The smallest absolute Gasteiger partial charge is 0.387 e. The average Bonchev–Trinajstić information content (AvgIpc) is 2.99. The largest absolute Gasteiger partial charge is 0.433 e. The van der Waals surface area contributed by atoms with E-state index in [1.54, 1.807) is 35.9 Å². The molecule has 1 aromatic heterocycles. The van der Waals surface area contributed by atoms with E-state index in [0.29, 0.717) is 22.0 Å². The molecule has 0 aliphatic carbocycles. The molecule has 0 spiro atoms. The number of hydrogen-bond acceptors (Lipinski definition) is 3. The fraction of sp³-hybridized carbons (Fsp3) is 0.111. The maximum Gasteiger partial charge on any atom is 0.387 e. The molecule has 1 amide bonds. The van der Waals surface area contributed by atoms with E-state index in [0.717, 1.165) is 5.69 Å². The van der Waals surface area contributed by atoms with Crippen LogP contribution in [-0.2, 0) is 0 Å². The second kappa shape index (κ2) is 7.94. The van der Waals surface area contributed by atoms with Gasteiger partial charge in [0.1, 0.15) is 5.75 Å². The second-order valence-corrected chi connectivity index (χ2v) is 6.35. The molecule has 0 unspecified atom stereocenters. The SMILES string of the molecule is Cc1c(C(=O)Nc2ccc(OC(F)F)c(Cl)c2)cnn1-c1ccc(Cl)cc1. The Morgan fingerprint density at radius 2 is 1.89 bits per heavy atom. The normalized spacial score (nSPS) is 10.9. The van der Waals surface area contributed by atoms with Crippen LogP contribution in [0.5, 0.6) is 5.75 Å². The van der Waals surface area contributed by atoms with Gasteiger partial charge >= 0.3 is 6.61 Å². The Labute approximate surface area is 163 Å². The summed E-state index contributed by atoms with van der Waals surface area (Å²) >= 11 is 11.8. The summed E-state index contributed by atoms with van der Waals surface area (Å²) in [5, 5.41) is 7.43. The van der Waals surface area contributed by atoms with Gasteiger partial charge in [-0.05, 0) is 49.4 Å². The lowest BCUT2D eigenvalue weighted by Gasteiger charge is -2.10. The first-order chi connectivity index (χ1) is 12.8. The lowest BCUT2D eigenvalue weighted by molar-refractivity contribution is -0.0497. The van der Waals surface area contributed by atoms with Crippen molar-refractivity contribution < 1.29 is 18.3 Å². The Morgan fingerprint density at radius 1 is 1.19 bits per heavy atom. The molecule has 9 heteroatoms. The third kappa shape index (κ3) is 4.37. The first kappa shape index (κ1) is 19.1. The van der Waals surface area contributed by atoms with Crippen LogP contribution < -0.4 is 10.1 Å². The number of hydrogen-bond donors (Lipinski definition) is 1. The summed E-state index contributed by atoms with van der Waals surface area (Å²) in [6.07, 6.45) is 1.44. The fourth-order valence-corrected chi connectivity index (χ4v) is 2.79. The lowest BCUT2D eigenvalue weighted by Crippen LogP contribution is -2.13. The topological polar surface area (TPSA) is 56.1 Å². The van der Waals surface area contributed by atoms with Crippen molar-refractivity contribution in [3.63, 3.8) is 0 Å². The minimum atomic E-state index is -2.98. The highest BCUT2D eigenvalue weighted by Crippen LogP contribution is 2.29. The molecule has 0 saturated heterocycles. The molecular formula is C18H13Cl2F2N3O2. The number of ether oxygens (including phenoxy) is 1. The second-order valence-electron chi connectivity index (χ2n) is 5.51. The Morgan fingerprint density at radius 3 is 2.52 bits per heavy atom. The highest BCUT2D eigenvalue weighted by atomic mass is 35.5. The van der Waals surface area contributed by atoms with Gasteiger partial charge in [0.2, 0.25) is 0 Å². The van der Waals surface area contributed by atoms with Gasteiger partial charge in [0, 0.05) is 10.7 Å². The predicted molar refractivity (Wildman–Crippen MR) is 99.3 cm³/mol. The Hall–Kier alpha value is -2.64. The van der Waals surface area contributed by atoms with Gasteiger partial charge in [0.15, 0.2) is 0 Å². The van der Waals surface area contributed by atoms with Gasteiger partial charge in [-0.15, -0.1) is 0 Å². The molecule has 0 fully saturated rings. The molecule has 27 heavy (non-hydrogen) atoms. The van der Waals surface area contributed by atoms with Crippen molar-refractivity contribution in [2.24, 2.45) is 0 Å². The standard InChI is InChI=1S/C18H13Cl2F2N3O2/c1-10-14(9-23-25(10)13-5-2-11(19)3-6-13)17(26)24-12-4-7-16(15(20)8-12)27-18(21)22/h2-9,18H,1H3,(H,24,26). The zero-order valence-electron chi connectivity index (χ0n) is 13.9. The minimum Gasteiger partial charge on any atom is -0.433 e. The summed E-state index contributed by atoms with van der Waals surface area (Å²) in [6.45, 7) is -1.23. The van der Waals surface area contributed by atoms with Crippen LogP contribution in [0.3, 0.4) is 0 Å². The van der Waals surface area contributed by atoms with E-state index < -0.39 is 12.5 Å².